The van der Waals surface area contributed by atoms with E-state index in [0.717, 1.165) is 25.8 Å². The Morgan fingerprint density at radius 3 is 2.15 bits per heavy atom. The van der Waals surface area contributed by atoms with Crippen LogP contribution in [0.2, 0.25) is 0 Å². The maximum atomic E-state index is 4.11. The fourth-order valence-electron chi connectivity index (χ4n) is 11.1. The molecule has 2 nitrogen and oxygen atoms in total. The molecule has 0 saturated heterocycles. The Morgan fingerprint density at radius 2 is 1.34 bits per heavy atom. The second kappa shape index (κ2) is 13.7. The van der Waals surface area contributed by atoms with Gasteiger partial charge in [-0.15, -0.1) is 0 Å². The van der Waals surface area contributed by atoms with Crippen molar-refractivity contribution in [3.05, 3.63) is 244 Å². The van der Waals surface area contributed by atoms with Crippen LogP contribution in [0.25, 0.3) is 50.2 Å². The number of hydrogen-bond donors (Lipinski definition) is 2. The molecule has 12 rings (SSSR count). The van der Waals surface area contributed by atoms with Gasteiger partial charge in [-0.3, -0.25) is 5.32 Å². The molecule has 2 heterocycles. The molecule has 0 radical (unpaired) electrons. The third-order valence-electron chi connectivity index (χ3n) is 13.6. The molecule has 7 aromatic carbocycles. The van der Waals surface area contributed by atoms with Crippen LogP contribution in [0.1, 0.15) is 57.8 Å². The van der Waals surface area contributed by atoms with Crippen molar-refractivity contribution in [1.29, 1.82) is 0 Å². The monoisotopic (exact) mass is 756 g/mol. The van der Waals surface area contributed by atoms with Gasteiger partial charge in [-0.2, -0.15) is 0 Å². The molecular formula is C57H44N2. The largest absolute Gasteiger partial charge is 0.383 e. The molecule has 7 aromatic rings. The minimum absolute atomic E-state index is 0.187. The number of hydrogen-bond acceptors (Lipinski definition) is 2. The summed E-state index contributed by atoms with van der Waals surface area (Å²) in [7, 11) is 0. The van der Waals surface area contributed by atoms with E-state index >= 15 is 0 Å². The summed E-state index contributed by atoms with van der Waals surface area (Å²) in [6.07, 6.45) is 19.4. The average molecular weight is 757 g/mol. The first kappa shape index (κ1) is 34.3. The van der Waals surface area contributed by atoms with E-state index in [1.54, 1.807) is 0 Å². The minimum atomic E-state index is -0.552. The summed E-state index contributed by atoms with van der Waals surface area (Å²) in [5.41, 5.74) is 20.7. The van der Waals surface area contributed by atoms with Crippen LogP contribution < -0.4 is 10.6 Å². The van der Waals surface area contributed by atoms with Crippen molar-refractivity contribution in [2.45, 2.75) is 36.8 Å². The summed E-state index contributed by atoms with van der Waals surface area (Å²) in [4.78, 5) is 0. The van der Waals surface area contributed by atoms with E-state index in [1.165, 1.54) is 99.9 Å². The lowest BCUT2D eigenvalue weighted by Crippen LogP contribution is -2.44. The quantitative estimate of drug-likeness (QED) is 0.183. The van der Waals surface area contributed by atoms with Crippen LogP contribution >= 0.6 is 0 Å². The van der Waals surface area contributed by atoms with Gasteiger partial charge in [-0.05, 0) is 126 Å². The topological polar surface area (TPSA) is 24.1 Å². The van der Waals surface area contributed by atoms with Gasteiger partial charge in [-0.25, -0.2) is 0 Å². The molecule has 0 aromatic heterocycles. The van der Waals surface area contributed by atoms with Crippen LogP contribution in [0.3, 0.4) is 0 Å². The standard InChI is InChI=1S/C57H44N2/c1-4-15-37(16-5-1)50-35-40-17-10-11-23-45(40)54-53(50)49-30-28-41(36-51(49)57(54,42-19-6-2-7-20-42)43-21-8-3-9-22-43)44-31-32-48(47-25-13-12-24-46(44)47)52-33-29-39-27-26-38-18-14-34-58-55(38)56(39)59-52/h1-12,14-24,26-32,35-36,52,56,58-59H,13,25,33-34H2. The molecule has 0 fully saturated rings. The van der Waals surface area contributed by atoms with E-state index in [0.29, 0.717) is 0 Å². The first-order valence-electron chi connectivity index (χ1n) is 21.3. The summed E-state index contributed by atoms with van der Waals surface area (Å²) < 4.78 is 0. The van der Waals surface area contributed by atoms with Gasteiger partial charge < -0.3 is 5.32 Å². The lowest BCUT2D eigenvalue weighted by Gasteiger charge is -2.37. The van der Waals surface area contributed by atoms with E-state index in [1.807, 2.05) is 0 Å². The fraction of sp³-hybridized carbons (Fsp3) is 0.123. The molecule has 5 aliphatic rings. The molecule has 0 bridgehead atoms. The maximum Gasteiger partial charge on any atom is 0.0733 e. The highest BCUT2D eigenvalue weighted by Crippen LogP contribution is 2.61. The zero-order valence-electron chi connectivity index (χ0n) is 33.0. The predicted molar refractivity (Wildman–Crippen MR) is 245 cm³/mol. The van der Waals surface area contributed by atoms with Gasteiger partial charge in [0.05, 0.1) is 11.5 Å². The zero-order valence-corrected chi connectivity index (χ0v) is 33.0. The van der Waals surface area contributed by atoms with E-state index in [9.17, 15) is 0 Å². The SMILES string of the molecule is C1=Cc2c(-c3ccc4c(c3)C(c3ccccc3)(c3ccccc3)c3c-4c(-c4ccccc4)cc4ccccc34)ccc(C3CC=C4C=CC5=C(NCC=C5)C4N3)c2CC1. The van der Waals surface area contributed by atoms with Crippen LogP contribution in [0, 0.1) is 0 Å². The average Bonchev–Trinajstić information content (AvgIpc) is 3.63. The van der Waals surface area contributed by atoms with Crippen molar-refractivity contribution in [2.75, 3.05) is 6.54 Å². The maximum absolute atomic E-state index is 4.11. The third-order valence-corrected chi connectivity index (χ3v) is 13.6. The smallest absolute Gasteiger partial charge is 0.0733 e. The minimum Gasteiger partial charge on any atom is -0.383 e. The van der Waals surface area contributed by atoms with Gasteiger partial charge in [0, 0.05) is 18.3 Å². The van der Waals surface area contributed by atoms with Gasteiger partial charge >= 0.3 is 0 Å². The fourth-order valence-corrected chi connectivity index (χ4v) is 11.1. The normalized spacial score (nSPS) is 19.3. The zero-order chi connectivity index (χ0) is 38.9. The van der Waals surface area contributed by atoms with Crippen LogP contribution in [-0.2, 0) is 11.8 Å². The van der Waals surface area contributed by atoms with Crippen LogP contribution in [0.4, 0.5) is 0 Å². The summed E-state index contributed by atoms with van der Waals surface area (Å²) in [5, 5.41) is 10.4. The first-order chi connectivity index (χ1) is 29.3. The molecule has 0 saturated carbocycles. The Hall–Kier alpha value is -6.74. The highest BCUT2D eigenvalue weighted by atomic mass is 15.0. The van der Waals surface area contributed by atoms with Crippen molar-refractivity contribution >= 4 is 16.8 Å². The summed E-state index contributed by atoms with van der Waals surface area (Å²) in [6, 6.07) is 57.6. The molecule has 282 valence electrons. The van der Waals surface area contributed by atoms with E-state index in [-0.39, 0.29) is 12.1 Å². The predicted octanol–water partition coefficient (Wildman–Crippen LogP) is 12.8. The Morgan fingerprint density at radius 1 is 0.593 bits per heavy atom. The summed E-state index contributed by atoms with van der Waals surface area (Å²) >= 11 is 0. The van der Waals surface area contributed by atoms with Crippen molar-refractivity contribution < 1.29 is 0 Å². The van der Waals surface area contributed by atoms with Gasteiger partial charge in [-0.1, -0.05) is 182 Å². The van der Waals surface area contributed by atoms with Crippen LogP contribution in [0.5, 0.6) is 0 Å². The molecule has 2 atom stereocenters. The summed E-state index contributed by atoms with van der Waals surface area (Å²) in [6.45, 7) is 0.878. The second-order valence-electron chi connectivity index (χ2n) is 16.6. The van der Waals surface area contributed by atoms with Crippen molar-refractivity contribution in [1.82, 2.24) is 10.6 Å². The lowest BCUT2D eigenvalue weighted by molar-refractivity contribution is 0.465. The molecule has 2 aliphatic heterocycles. The molecule has 0 spiro atoms. The summed E-state index contributed by atoms with van der Waals surface area (Å²) in [5.74, 6) is 0. The Kier molecular flexibility index (Phi) is 7.96. The van der Waals surface area contributed by atoms with Gasteiger partial charge in [0.2, 0.25) is 0 Å². The molecule has 2 N–H and O–H groups in total. The number of dihydropyridines is 1. The van der Waals surface area contributed by atoms with E-state index in [2.05, 4.69) is 205 Å². The van der Waals surface area contributed by atoms with Gasteiger partial charge in [0.1, 0.15) is 0 Å². The number of fused-ring (bicyclic) bond motifs is 8. The van der Waals surface area contributed by atoms with Crippen LogP contribution in [-0.4, -0.2) is 12.6 Å². The van der Waals surface area contributed by atoms with Gasteiger partial charge in [0.15, 0.2) is 0 Å². The first-order valence-corrected chi connectivity index (χ1v) is 21.3. The molecule has 0 amide bonds. The molecule has 3 aliphatic carbocycles. The second-order valence-corrected chi connectivity index (χ2v) is 16.6. The number of rotatable bonds is 5. The van der Waals surface area contributed by atoms with Crippen molar-refractivity contribution in [3.8, 4) is 33.4 Å². The Bertz CT molecular complexity index is 2940. The molecular weight excluding hydrogens is 713 g/mol. The van der Waals surface area contributed by atoms with Crippen molar-refractivity contribution in [3.63, 3.8) is 0 Å². The third kappa shape index (κ3) is 5.23. The highest BCUT2D eigenvalue weighted by Gasteiger charge is 2.48. The lowest BCUT2D eigenvalue weighted by atomic mass is 9.66. The molecule has 2 heteroatoms. The number of allylic oxidation sites excluding steroid dienone is 4. The molecule has 59 heavy (non-hydrogen) atoms. The van der Waals surface area contributed by atoms with Gasteiger partial charge in [0.25, 0.3) is 0 Å². The van der Waals surface area contributed by atoms with Crippen molar-refractivity contribution in [2.24, 2.45) is 0 Å². The Labute approximate surface area is 346 Å². The van der Waals surface area contributed by atoms with E-state index in [4.69, 9.17) is 0 Å². The molecule has 2 unspecified atom stereocenters. The number of nitrogens with one attached hydrogen (secondary N) is 2. The van der Waals surface area contributed by atoms with E-state index < -0.39 is 5.41 Å². The van der Waals surface area contributed by atoms with Crippen LogP contribution in [0.15, 0.2) is 205 Å². The number of benzene rings is 7. The Balaban J connectivity index is 1.08. The highest BCUT2D eigenvalue weighted by molar-refractivity contribution is 6.07.